The molecule has 0 aliphatic carbocycles. The SMILES string of the molecule is Cc1ccc(-c2c(C)n3c4c(=O)n(C)c(=O)n(C)c4nc3n2-c2ccc(S(N)(=O)=O)cc2)cc1. The van der Waals surface area contributed by atoms with E-state index in [1.54, 1.807) is 23.6 Å². The van der Waals surface area contributed by atoms with Crippen molar-refractivity contribution in [1.29, 1.82) is 0 Å². The summed E-state index contributed by atoms with van der Waals surface area (Å²) in [7, 11) is -0.859. The Morgan fingerprint density at radius 1 is 0.882 bits per heavy atom. The summed E-state index contributed by atoms with van der Waals surface area (Å²) in [6, 6.07) is 14.0. The van der Waals surface area contributed by atoms with Gasteiger partial charge in [0, 0.05) is 31.0 Å². The Labute approximate surface area is 194 Å². The van der Waals surface area contributed by atoms with Crippen molar-refractivity contribution in [2.45, 2.75) is 18.7 Å². The minimum Gasteiger partial charge on any atom is -0.279 e. The van der Waals surface area contributed by atoms with Crippen molar-refractivity contribution in [3.63, 3.8) is 0 Å². The van der Waals surface area contributed by atoms with E-state index in [9.17, 15) is 18.0 Å². The van der Waals surface area contributed by atoms with Crippen LogP contribution in [0.5, 0.6) is 0 Å². The van der Waals surface area contributed by atoms with Crippen LogP contribution in [0.2, 0.25) is 0 Å². The van der Waals surface area contributed by atoms with Gasteiger partial charge in [0.2, 0.25) is 15.8 Å². The largest absolute Gasteiger partial charge is 0.332 e. The van der Waals surface area contributed by atoms with Crippen LogP contribution in [0.15, 0.2) is 63.0 Å². The fraction of sp³-hybridized carbons (Fsp3) is 0.174. The van der Waals surface area contributed by atoms with Crippen LogP contribution in [0.4, 0.5) is 0 Å². The van der Waals surface area contributed by atoms with E-state index >= 15 is 0 Å². The number of fused-ring (bicyclic) bond motifs is 3. The lowest BCUT2D eigenvalue weighted by atomic mass is 10.1. The predicted octanol–water partition coefficient (Wildman–Crippen LogP) is 1.61. The van der Waals surface area contributed by atoms with Gasteiger partial charge in [-0.2, -0.15) is 4.98 Å². The number of primary sulfonamides is 1. The molecule has 174 valence electrons. The highest BCUT2D eigenvalue weighted by atomic mass is 32.2. The molecule has 0 saturated heterocycles. The molecule has 3 aromatic heterocycles. The molecule has 0 radical (unpaired) electrons. The predicted molar refractivity (Wildman–Crippen MR) is 129 cm³/mol. The second-order valence-corrected chi connectivity index (χ2v) is 9.86. The molecule has 0 unspecified atom stereocenters. The van der Waals surface area contributed by atoms with Crippen molar-refractivity contribution >= 4 is 27.0 Å². The maximum atomic E-state index is 13.1. The lowest BCUT2D eigenvalue weighted by Gasteiger charge is -2.11. The average Bonchev–Trinajstić information content (AvgIpc) is 3.32. The number of nitrogens with two attached hydrogens (primary N) is 1. The number of nitrogens with zero attached hydrogens (tertiary/aromatic N) is 5. The second-order valence-electron chi connectivity index (χ2n) is 8.30. The first kappa shape index (κ1) is 21.9. The van der Waals surface area contributed by atoms with Gasteiger partial charge >= 0.3 is 5.69 Å². The first-order valence-corrected chi connectivity index (χ1v) is 11.9. The first-order valence-electron chi connectivity index (χ1n) is 10.4. The van der Waals surface area contributed by atoms with Crippen molar-refractivity contribution < 1.29 is 8.42 Å². The van der Waals surface area contributed by atoms with E-state index in [1.165, 1.54) is 23.7 Å². The fourth-order valence-electron chi connectivity index (χ4n) is 4.30. The van der Waals surface area contributed by atoms with Gasteiger partial charge in [0.05, 0.1) is 10.6 Å². The Morgan fingerprint density at radius 2 is 1.50 bits per heavy atom. The molecule has 0 spiro atoms. The van der Waals surface area contributed by atoms with E-state index in [1.807, 2.05) is 42.7 Å². The zero-order valence-corrected chi connectivity index (χ0v) is 19.8. The Balaban J connectivity index is 1.96. The molecule has 11 heteroatoms. The summed E-state index contributed by atoms with van der Waals surface area (Å²) in [5.74, 6) is 0.421. The Hall–Kier alpha value is -3.96. The molecule has 0 bridgehead atoms. The Kier molecular flexibility index (Phi) is 4.68. The zero-order chi connectivity index (χ0) is 24.5. The fourth-order valence-corrected chi connectivity index (χ4v) is 4.81. The zero-order valence-electron chi connectivity index (χ0n) is 19.0. The molecule has 0 atom stereocenters. The third-order valence-corrected chi connectivity index (χ3v) is 7.02. The highest BCUT2D eigenvalue weighted by molar-refractivity contribution is 7.89. The molecular formula is C23H22N6O4S. The molecule has 2 N–H and O–H groups in total. The number of hydrogen-bond donors (Lipinski definition) is 1. The number of imidazole rings is 2. The summed E-state index contributed by atoms with van der Waals surface area (Å²) >= 11 is 0. The molecule has 2 aromatic carbocycles. The molecular weight excluding hydrogens is 456 g/mol. The third kappa shape index (κ3) is 3.05. The maximum Gasteiger partial charge on any atom is 0.332 e. The normalized spacial score (nSPS) is 12.1. The van der Waals surface area contributed by atoms with Crippen LogP contribution in [-0.2, 0) is 24.1 Å². The van der Waals surface area contributed by atoms with E-state index < -0.39 is 21.3 Å². The van der Waals surface area contributed by atoms with E-state index in [0.717, 1.165) is 27.1 Å². The number of hydrogen-bond acceptors (Lipinski definition) is 5. The maximum absolute atomic E-state index is 13.1. The quantitative estimate of drug-likeness (QED) is 0.422. The van der Waals surface area contributed by atoms with Crippen LogP contribution in [0.1, 0.15) is 11.3 Å². The van der Waals surface area contributed by atoms with Gasteiger partial charge in [-0.1, -0.05) is 29.8 Å². The van der Waals surface area contributed by atoms with Crippen LogP contribution >= 0.6 is 0 Å². The Morgan fingerprint density at radius 3 is 2.09 bits per heavy atom. The summed E-state index contributed by atoms with van der Waals surface area (Å²) in [5.41, 5.74) is 3.75. The summed E-state index contributed by atoms with van der Waals surface area (Å²) in [4.78, 5) is 30.3. The van der Waals surface area contributed by atoms with Crippen molar-refractivity contribution in [1.82, 2.24) is 23.1 Å². The van der Waals surface area contributed by atoms with Crippen LogP contribution in [0.25, 0.3) is 33.9 Å². The third-order valence-electron chi connectivity index (χ3n) is 6.09. The van der Waals surface area contributed by atoms with Gasteiger partial charge in [-0.15, -0.1) is 0 Å². The van der Waals surface area contributed by atoms with Crippen LogP contribution in [0.3, 0.4) is 0 Å². The van der Waals surface area contributed by atoms with E-state index in [0.29, 0.717) is 11.5 Å². The average molecular weight is 479 g/mol. The van der Waals surface area contributed by atoms with Crippen LogP contribution in [-0.4, -0.2) is 31.5 Å². The van der Waals surface area contributed by atoms with Gasteiger partial charge < -0.3 is 0 Å². The summed E-state index contributed by atoms with van der Waals surface area (Å²) in [6.45, 7) is 3.87. The van der Waals surface area contributed by atoms with Crippen molar-refractivity contribution in [3.8, 4) is 16.9 Å². The highest BCUT2D eigenvalue weighted by Gasteiger charge is 2.25. The number of aromatic nitrogens is 5. The molecule has 0 aliphatic heterocycles. The monoisotopic (exact) mass is 478 g/mol. The second kappa shape index (κ2) is 7.27. The molecule has 0 fully saturated rings. The number of aryl methyl sites for hydroxylation is 3. The minimum atomic E-state index is -3.86. The van der Waals surface area contributed by atoms with Gasteiger partial charge in [0.25, 0.3) is 5.56 Å². The highest BCUT2D eigenvalue weighted by Crippen LogP contribution is 2.33. The van der Waals surface area contributed by atoms with Gasteiger partial charge in [-0.05, 0) is 38.1 Å². The van der Waals surface area contributed by atoms with Gasteiger partial charge in [-0.25, -0.2) is 18.4 Å². The van der Waals surface area contributed by atoms with Gasteiger partial charge in [0.1, 0.15) is 0 Å². The van der Waals surface area contributed by atoms with Gasteiger partial charge in [0.15, 0.2) is 11.2 Å². The molecule has 10 nitrogen and oxygen atoms in total. The molecule has 0 saturated carbocycles. The Bertz CT molecular complexity index is 1840. The molecule has 5 aromatic rings. The summed E-state index contributed by atoms with van der Waals surface area (Å²) in [5, 5.41) is 5.27. The smallest absolute Gasteiger partial charge is 0.279 e. The molecule has 5 rings (SSSR count). The number of rotatable bonds is 3. The van der Waals surface area contributed by atoms with Crippen LogP contribution in [0, 0.1) is 13.8 Å². The lowest BCUT2D eigenvalue weighted by molar-refractivity contribution is 0.598. The first-order chi connectivity index (χ1) is 16.0. The van der Waals surface area contributed by atoms with E-state index in [4.69, 9.17) is 5.14 Å². The van der Waals surface area contributed by atoms with Crippen LogP contribution < -0.4 is 16.4 Å². The topological polar surface area (TPSA) is 126 Å². The molecule has 0 aliphatic rings. The standard InChI is InChI=1S/C23H22N6O4S/c1-13-5-7-15(8-6-13)18-14(2)28-19-20(26(3)23(31)27(4)21(19)30)25-22(28)29(18)16-9-11-17(12-10-16)34(24,32)33/h5-12H,1-4H3,(H2,24,32,33). The molecule has 3 heterocycles. The summed E-state index contributed by atoms with van der Waals surface area (Å²) in [6.07, 6.45) is 0. The number of sulfonamides is 1. The molecule has 0 amide bonds. The minimum absolute atomic E-state index is 0.0159. The lowest BCUT2D eigenvalue weighted by Crippen LogP contribution is -2.37. The van der Waals surface area contributed by atoms with E-state index in [-0.39, 0.29) is 16.1 Å². The number of benzene rings is 2. The van der Waals surface area contributed by atoms with Gasteiger partial charge in [-0.3, -0.25) is 22.9 Å². The van der Waals surface area contributed by atoms with Crippen molar-refractivity contribution in [2.75, 3.05) is 0 Å². The van der Waals surface area contributed by atoms with Crippen molar-refractivity contribution in [2.24, 2.45) is 19.2 Å². The summed E-state index contributed by atoms with van der Waals surface area (Å²) < 4.78 is 29.5. The van der Waals surface area contributed by atoms with E-state index in [2.05, 4.69) is 4.98 Å². The molecule has 34 heavy (non-hydrogen) atoms. The van der Waals surface area contributed by atoms with Crippen molar-refractivity contribution in [3.05, 3.63) is 80.6 Å².